The van der Waals surface area contributed by atoms with Crippen LogP contribution in [-0.2, 0) is 4.79 Å². The van der Waals surface area contributed by atoms with Crippen LogP contribution in [0.5, 0.6) is 0 Å². The topological polar surface area (TPSA) is 69.6 Å². The third kappa shape index (κ3) is 5.14. The summed E-state index contributed by atoms with van der Waals surface area (Å²) in [6.45, 7) is 0.112. The number of anilines is 1. The van der Waals surface area contributed by atoms with Crippen molar-refractivity contribution in [1.82, 2.24) is 0 Å². The van der Waals surface area contributed by atoms with Gasteiger partial charge in [-0.3, -0.25) is 4.79 Å². The molecule has 0 radical (unpaired) electrons. The first kappa shape index (κ1) is 13.9. The maximum absolute atomic E-state index is 13.3. The number of aliphatic hydroxyl groups is 1. The lowest BCUT2D eigenvalue weighted by atomic mass is 10.2. The smallest absolute Gasteiger partial charge is 0.303 e. The lowest BCUT2D eigenvalue weighted by molar-refractivity contribution is -0.137. The molecule has 0 aliphatic rings. The lowest BCUT2D eigenvalue weighted by Crippen LogP contribution is -2.20. The van der Waals surface area contributed by atoms with Gasteiger partial charge in [0, 0.05) is 17.4 Å². The second-order valence-electron chi connectivity index (χ2n) is 3.59. The van der Waals surface area contributed by atoms with Gasteiger partial charge in [0.05, 0.1) is 11.8 Å². The van der Waals surface area contributed by atoms with Crippen molar-refractivity contribution in [2.75, 3.05) is 11.9 Å². The fourth-order valence-electron chi connectivity index (χ4n) is 1.25. The second-order valence-corrected chi connectivity index (χ2v) is 4.51. The maximum Gasteiger partial charge on any atom is 0.303 e. The Hall–Kier alpha value is -1.14. The summed E-state index contributed by atoms with van der Waals surface area (Å²) in [5.41, 5.74) is 0.272. The van der Waals surface area contributed by atoms with Crippen molar-refractivity contribution in [3.63, 3.8) is 0 Å². The van der Waals surface area contributed by atoms with Gasteiger partial charge in [-0.1, -0.05) is 15.9 Å². The molecule has 0 amide bonds. The normalized spacial score (nSPS) is 12.2. The van der Waals surface area contributed by atoms with E-state index in [9.17, 15) is 14.3 Å². The molecule has 0 heterocycles. The van der Waals surface area contributed by atoms with E-state index < -0.39 is 17.9 Å². The van der Waals surface area contributed by atoms with Crippen LogP contribution in [0, 0.1) is 5.82 Å². The van der Waals surface area contributed by atoms with Gasteiger partial charge in [-0.05, 0) is 24.6 Å². The molecular weight excluding hydrogens is 293 g/mol. The van der Waals surface area contributed by atoms with E-state index in [1.807, 2.05) is 0 Å². The summed E-state index contributed by atoms with van der Waals surface area (Å²) in [5, 5.41) is 20.6. The van der Waals surface area contributed by atoms with Gasteiger partial charge in [-0.15, -0.1) is 0 Å². The summed E-state index contributed by atoms with van der Waals surface area (Å²) in [4.78, 5) is 10.3. The van der Waals surface area contributed by atoms with Gasteiger partial charge in [0.1, 0.15) is 5.82 Å². The molecule has 0 aromatic heterocycles. The van der Waals surface area contributed by atoms with Gasteiger partial charge >= 0.3 is 5.97 Å². The largest absolute Gasteiger partial charge is 0.481 e. The van der Waals surface area contributed by atoms with Crippen LogP contribution in [0.25, 0.3) is 0 Å². The standard InChI is InChI=1S/C11H13BrFNO3/c12-7-1-3-9(13)10(5-7)14-6-8(15)2-4-11(16)17/h1,3,5,8,14-15H,2,4,6H2,(H,16,17). The molecule has 0 bridgehead atoms. The van der Waals surface area contributed by atoms with Crippen LogP contribution in [-0.4, -0.2) is 28.8 Å². The summed E-state index contributed by atoms with van der Waals surface area (Å²) < 4.78 is 14.0. The summed E-state index contributed by atoms with van der Waals surface area (Å²) in [5.74, 6) is -1.38. The van der Waals surface area contributed by atoms with Crippen LogP contribution >= 0.6 is 15.9 Å². The molecule has 0 aliphatic carbocycles. The molecule has 1 atom stereocenters. The Labute approximate surface area is 107 Å². The summed E-state index contributed by atoms with van der Waals surface area (Å²) >= 11 is 3.21. The van der Waals surface area contributed by atoms with Gasteiger partial charge in [-0.2, -0.15) is 0 Å². The second kappa shape index (κ2) is 6.56. The number of carboxylic acid groups (broad SMARTS) is 1. The van der Waals surface area contributed by atoms with Crippen LogP contribution in [0.2, 0.25) is 0 Å². The molecule has 0 saturated heterocycles. The number of rotatable bonds is 6. The molecule has 17 heavy (non-hydrogen) atoms. The first-order chi connectivity index (χ1) is 7.99. The minimum absolute atomic E-state index is 0.107. The monoisotopic (exact) mass is 305 g/mol. The number of halogens is 2. The zero-order valence-electron chi connectivity index (χ0n) is 8.99. The van der Waals surface area contributed by atoms with Crippen molar-refractivity contribution in [3.8, 4) is 0 Å². The maximum atomic E-state index is 13.3. The lowest BCUT2D eigenvalue weighted by Gasteiger charge is -2.12. The van der Waals surface area contributed by atoms with E-state index in [0.29, 0.717) is 0 Å². The van der Waals surface area contributed by atoms with E-state index in [-0.39, 0.29) is 25.1 Å². The number of aliphatic hydroxyl groups excluding tert-OH is 1. The van der Waals surface area contributed by atoms with Crippen molar-refractivity contribution in [2.24, 2.45) is 0 Å². The number of carbonyl (C=O) groups is 1. The van der Waals surface area contributed by atoms with E-state index in [1.54, 1.807) is 12.1 Å². The van der Waals surface area contributed by atoms with Crippen LogP contribution in [0.4, 0.5) is 10.1 Å². The Morgan fingerprint density at radius 2 is 2.24 bits per heavy atom. The molecule has 0 fully saturated rings. The molecule has 1 rings (SSSR count). The van der Waals surface area contributed by atoms with Gasteiger partial charge in [-0.25, -0.2) is 4.39 Å². The van der Waals surface area contributed by atoms with Crippen molar-refractivity contribution >= 4 is 27.6 Å². The molecule has 0 spiro atoms. The zero-order valence-corrected chi connectivity index (χ0v) is 10.6. The zero-order chi connectivity index (χ0) is 12.8. The number of hydrogen-bond acceptors (Lipinski definition) is 3. The number of nitrogens with one attached hydrogen (secondary N) is 1. The van der Waals surface area contributed by atoms with E-state index in [2.05, 4.69) is 21.2 Å². The fourth-order valence-corrected chi connectivity index (χ4v) is 1.61. The molecule has 3 N–H and O–H groups in total. The van der Waals surface area contributed by atoms with Crippen LogP contribution in [0.3, 0.4) is 0 Å². The van der Waals surface area contributed by atoms with Crippen molar-refractivity contribution in [1.29, 1.82) is 0 Å². The molecule has 0 saturated carbocycles. The summed E-state index contributed by atoms with van der Waals surface area (Å²) in [7, 11) is 0. The molecule has 4 nitrogen and oxygen atoms in total. The molecule has 6 heteroatoms. The number of benzene rings is 1. The summed E-state index contributed by atoms with van der Waals surface area (Å²) in [6, 6.07) is 4.43. The van der Waals surface area contributed by atoms with E-state index in [0.717, 1.165) is 4.47 Å². The molecule has 94 valence electrons. The minimum atomic E-state index is -0.960. The van der Waals surface area contributed by atoms with Crippen molar-refractivity contribution in [3.05, 3.63) is 28.5 Å². The quantitative estimate of drug-likeness (QED) is 0.754. The number of aliphatic carboxylic acids is 1. The Kier molecular flexibility index (Phi) is 5.37. The minimum Gasteiger partial charge on any atom is -0.481 e. The van der Waals surface area contributed by atoms with Gasteiger partial charge < -0.3 is 15.5 Å². The first-order valence-corrected chi connectivity index (χ1v) is 5.87. The van der Waals surface area contributed by atoms with E-state index in [1.165, 1.54) is 6.07 Å². The third-order valence-electron chi connectivity index (χ3n) is 2.15. The SMILES string of the molecule is O=C(O)CCC(O)CNc1cc(Br)ccc1F. The van der Waals surface area contributed by atoms with Gasteiger partial charge in [0.15, 0.2) is 0 Å². The Balaban J connectivity index is 2.44. The van der Waals surface area contributed by atoms with Crippen molar-refractivity contribution in [2.45, 2.75) is 18.9 Å². The van der Waals surface area contributed by atoms with E-state index >= 15 is 0 Å². The van der Waals surface area contributed by atoms with Crippen LogP contribution < -0.4 is 5.32 Å². The molecule has 0 aliphatic heterocycles. The summed E-state index contributed by atoms with van der Waals surface area (Å²) in [6.07, 6.45) is -0.786. The molecule has 1 aromatic rings. The Morgan fingerprint density at radius 3 is 2.88 bits per heavy atom. The van der Waals surface area contributed by atoms with E-state index in [4.69, 9.17) is 5.11 Å². The number of carboxylic acids is 1. The Morgan fingerprint density at radius 1 is 1.53 bits per heavy atom. The predicted molar refractivity (Wildman–Crippen MR) is 65.5 cm³/mol. The highest BCUT2D eigenvalue weighted by Gasteiger charge is 2.08. The van der Waals surface area contributed by atoms with Gasteiger partial charge in [0.2, 0.25) is 0 Å². The van der Waals surface area contributed by atoms with Gasteiger partial charge in [0.25, 0.3) is 0 Å². The highest BCUT2D eigenvalue weighted by Crippen LogP contribution is 2.20. The molecule has 1 aromatic carbocycles. The van der Waals surface area contributed by atoms with Crippen LogP contribution in [0.1, 0.15) is 12.8 Å². The van der Waals surface area contributed by atoms with Crippen LogP contribution in [0.15, 0.2) is 22.7 Å². The highest BCUT2D eigenvalue weighted by molar-refractivity contribution is 9.10. The van der Waals surface area contributed by atoms with Crippen molar-refractivity contribution < 1.29 is 19.4 Å². The third-order valence-corrected chi connectivity index (χ3v) is 2.64. The average molecular weight is 306 g/mol. The molecule has 1 unspecified atom stereocenters. The number of hydrogen-bond donors (Lipinski definition) is 3. The first-order valence-electron chi connectivity index (χ1n) is 5.08. The fraction of sp³-hybridized carbons (Fsp3) is 0.364. The average Bonchev–Trinajstić information content (AvgIpc) is 2.27. The highest BCUT2D eigenvalue weighted by atomic mass is 79.9. The molecular formula is C11H13BrFNO3. The predicted octanol–water partition coefficient (Wildman–Crippen LogP) is 2.23. The Bertz CT molecular complexity index is 400.